The summed E-state index contributed by atoms with van der Waals surface area (Å²) >= 11 is 12.0. The van der Waals surface area contributed by atoms with E-state index < -0.39 is 22.6 Å². The van der Waals surface area contributed by atoms with Crippen molar-refractivity contribution in [2.24, 2.45) is 0 Å². The molecule has 7 nitrogen and oxygen atoms in total. The van der Waals surface area contributed by atoms with Crippen molar-refractivity contribution in [1.29, 1.82) is 0 Å². The van der Waals surface area contributed by atoms with Gasteiger partial charge in [-0.3, -0.25) is 24.5 Å². The second-order valence-electron chi connectivity index (χ2n) is 5.97. The van der Waals surface area contributed by atoms with Crippen molar-refractivity contribution in [2.45, 2.75) is 6.04 Å². The molecule has 4 rings (SSSR count). The lowest BCUT2D eigenvalue weighted by atomic mass is 10.1. The lowest BCUT2D eigenvalue weighted by molar-refractivity contribution is 0.533. The highest BCUT2D eigenvalue weighted by Gasteiger charge is 2.20. The molecule has 0 saturated carbocycles. The maximum atomic E-state index is 13.1. The van der Waals surface area contributed by atoms with Gasteiger partial charge in [0, 0.05) is 28.7 Å². The van der Waals surface area contributed by atoms with Crippen molar-refractivity contribution in [3.8, 4) is 0 Å². The van der Waals surface area contributed by atoms with Crippen LogP contribution < -0.4 is 16.5 Å². The quantitative estimate of drug-likeness (QED) is 0.405. The topological polar surface area (TPSA) is 101 Å². The monoisotopic (exact) mass is 402 g/mol. The zero-order valence-corrected chi connectivity index (χ0v) is 15.2. The third-order valence-corrected chi connectivity index (χ3v) is 4.90. The molecule has 0 amide bonds. The number of rotatable bonds is 3. The number of hydrogen-bond acceptors (Lipinski definition) is 4. The molecule has 1 atom stereocenters. The summed E-state index contributed by atoms with van der Waals surface area (Å²) in [4.78, 5) is 45.4. The Labute approximate surface area is 161 Å². The summed E-state index contributed by atoms with van der Waals surface area (Å²) in [6.45, 7) is 0. The first-order valence-electron chi connectivity index (χ1n) is 7.97. The van der Waals surface area contributed by atoms with Gasteiger partial charge in [0.1, 0.15) is 10.9 Å². The lowest BCUT2D eigenvalue weighted by Gasteiger charge is -2.17. The number of alkyl halides is 1. The molecular weight excluding hydrogens is 391 g/mol. The lowest BCUT2D eigenvalue weighted by Crippen LogP contribution is -2.37. The number of H-pyrrole nitrogens is 2. The number of benzene rings is 1. The molecule has 4 aromatic rings. The molecule has 3 aromatic heterocycles. The first kappa shape index (κ1) is 17.5. The molecule has 0 spiro atoms. The van der Waals surface area contributed by atoms with Crippen LogP contribution >= 0.6 is 23.2 Å². The van der Waals surface area contributed by atoms with E-state index in [2.05, 4.69) is 15.1 Å². The van der Waals surface area contributed by atoms with Crippen LogP contribution in [0.1, 0.15) is 11.6 Å². The molecule has 0 aliphatic rings. The van der Waals surface area contributed by atoms with Gasteiger partial charge >= 0.3 is 0 Å². The maximum absolute atomic E-state index is 13.1. The van der Waals surface area contributed by atoms with Crippen molar-refractivity contribution in [3.63, 3.8) is 0 Å². The molecule has 1 aromatic carbocycles. The Hall–Kier alpha value is -2.90. The molecule has 9 heteroatoms. The number of halogens is 2. The molecule has 1 unspecified atom stereocenters. The van der Waals surface area contributed by atoms with Crippen LogP contribution in [0.25, 0.3) is 21.8 Å². The standard InChI is InChI=1S/C18H12Cl2N4O3/c19-7-13(9-2-1-5-21-8-9)24-18(27)14-15(17(26)23-24)22-12-6-10(20)3-4-11(12)16(14)25/h1-6,8,13H,7H2,(H,22,25)(H,23,26). The fourth-order valence-electron chi connectivity index (χ4n) is 3.07. The van der Waals surface area contributed by atoms with Gasteiger partial charge in [0.05, 0.1) is 11.6 Å². The highest BCUT2D eigenvalue weighted by molar-refractivity contribution is 6.31. The molecule has 0 radical (unpaired) electrons. The molecule has 0 aliphatic heterocycles. The Balaban J connectivity index is 2.09. The molecule has 0 bridgehead atoms. The van der Waals surface area contributed by atoms with Crippen LogP contribution in [0.4, 0.5) is 0 Å². The van der Waals surface area contributed by atoms with E-state index in [1.54, 1.807) is 30.6 Å². The summed E-state index contributed by atoms with van der Waals surface area (Å²) in [5.74, 6) is 0.00808. The number of aromatic nitrogens is 4. The van der Waals surface area contributed by atoms with Crippen molar-refractivity contribution in [1.82, 2.24) is 19.7 Å². The Kier molecular flexibility index (Phi) is 4.33. The van der Waals surface area contributed by atoms with E-state index in [4.69, 9.17) is 23.2 Å². The Morgan fingerprint density at radius 1 is 1.19 bits per heavy atom. The molecule has 0 fully saturated rings. The summed E-state index contributed by atoms with van der Waals surface area (Å²) in [5.41, 5.74) is -0.882. The fraction of sp³-hybridized carbons (Fsp3) is 0.111. The van der Waals surface area contributed by atoms with Crippen LogP contribution in [0, 0.1) is 0 Å². The van der Waals surface area contributed by atoms with E-state index in [1.807, 2.05) is 0 Å². The van der Waals surface area contributed by atoms with Crippen LogP contribution in [0.2, 0.25) is 5.02 Å². The minimum absolute atomic E-state index is 0.00808. The Bertz CT molecular complexity index is 1340. The van der Waals surface area contributed by atoms with E-state index in [9.17, 15) is 14.4 Å². The van der Waals surface area contributed by atoms with Gasteiger partial charge in [-0.2, -0.15) is 0 Å². The fourth-order valence-corrected chi connectivity index (χ4v) is 3.56. The second kappa shape index (κ2) is 6.68. The van der Waals surface area contributed by atoms with Gasteiger partial charge in [-0.1, -0.05) is 17.7 Å². The van der Waals surface area contributed by atoms with E-state index in [0.29, 0.717) is 16.1 Å². The molecule has 27 heavy (non-hydrogen) atoms. The Morgan fingerprint density at radius 2 is 2.00 bits per heavy atom. The molecule has 136 valence electrons. The number of hydrogen-bond donors (Lipinski definition) is 2. The minimum atomic E-state index is -0.676. The van der Waals surface area contributed by atoms with Crippen molar-refractivity contribution in [2.75, 3.05) is 5.88 Å². The predicted molar refractivity (Wildman–Crippen MR) is 105 cm³/mol. The third kappa shape index (κ3) is 2.85. The van der Waals surface area contributed by atoms with E-state index in [-0.39, 0.29) is 22.2 Å². The van der Waals surface area contributed by atoms with Gasteiger partial charge < -0.3 is 4.98 Å². The molecule has 2 N–H and O–H groups in total. The zero-order valence-electron chi connectivity index (χ0n) is 13.7. The SMILES string of the molecule is O=c1[nH]n(C(CCl)c2cccnc2)c(=O)c2c(=O)c3ccc(Cl)cc3[nH]c12. The van der Waals surface area contributed by atoms with Crippen molar-refractivity contribution < 1.29 is 0 Å². The normalized spacial score (nSPS) is 12.5. The van der Waals surface area contributed by atoms with Gasteiger partial charge in [0.25, 0.3) is 11.1 Å². The number of fused-ring (bicyclic) bond motifs is 2. The van der Waals surface area contributed by atoms with E-state index >= 15 is 0 Å². The number of pyridine rings is 2. The second-order valence-corrected chi connectivity index (χ2v) is 6.71. The summed E-state index contributed by atoms with van der Waals surface area (Å²) < 4.78 is 1.08. The summed E-state index contributed by atoms with van der Waals surface area (Å²) in [7, 11) is 0. The highest BCUT2D eigenvalue weighted by atomic mass is 35.5. The average Bonchev–Trinajstić information content (AvgIpc) is 2.66. The highest BCUT2D eigenvalue weighted by Crippen LogP contribution is 2.18. The predicted octanol–water partition coefficient (Wildman–Crippen LogP) is 2.41. The first-order valence-corrected chi connectivity index (χ1v) is 8.88. The smallest absolute Gasteiger partial charge is 0.287 e. The van der Waals surface area contributed by atoms with Crippen molar-refractivity contribution in [3.05, 3.63) is 84.2 Å². The summed E-state index contributed by atoms with van der Waals surface area (Å²) in [5, 5.41) is 2.95. The maximum Gasteiger partial charge on any atom is 0.287 e. The molecular formula is C18H12Cl2N4O3. The van der Waals surface area contributed by atoms with Gasteiger partial charge in [-0.15, -0.1) is 11.6 Å². The van der Waals surface area contributed by atoms with E-state index in [1.165, 1.54) is 12.1 Å². The van der Waals surface area contributed by atoms with Crippen molar-refractivity contribution >= 4 is 45.0 Å². The van der Waals surface area contributed by atoms with Crippen LogP contribution in [0.15, 0.2) is 57.1 Å². The van der Waals surface area contributed by atoms with Gasteiger partial charge in [0.2, 0.25) is 5.43 Å². The molecule has 3 heterocycles. The zero-order chi connectivity index (χ0) is 19.1. The van der Waals surface area contributed by atoms with Gasteiger partial charge in [0.15, 0.2) is 0 Å². The first-order chi connectivity index (χ1) is 13.0. The summed E-state index contributed by atoms with van der Waals surface area (Å²) in [6, 6.07) is 7.35. The van der Waals surface area contributed by atoms with E-state index in [0.717, 1.165) is 4.68 Å². The Morgan fingerprint density at radius 3 is 2.70 bits per heavy atom. The van der Waals surface area contributed by atoms with Crippen LogP contribution in [0.5, 0.6) is 0 Å². The van der Waals surface area contributed by atoms with Gasteiger partial charge in [-0.05, 0) is 29.8 Å². The largest absolute Gasteiger partial charge is 0.350 e. The molecule has 0 aliphatic carbocycles. The number of nitrogens with zero attached hydrogens (tertiary/aromatic N) is 2. The van der Waals surface area contributed by atoms with Crippen LogP contribution in [0.3, 0.4) is 0 Å². The average molecular weight is 403 g/mol. The number of nitrogens with one attached hydrogen (secondary N) is 2. The minimum Gasteiger partial charge on any atom is -0.350 e. The summed E-state index contributed by atoms with van der Waals surface area (Å²) in [6.07, 6.45) is 3.14. The van der Waals surface area contributed by atoms with Crippen LogP contribution in [-0.4, -0.2) is 25.6 Å². The third-order valence-electron chi connectivity index (χ3n) is 4.37. The number of aromatic amines is 2. The van der Waals surface area contributed by atoms with Gasteiger partial charge in [-0.25, -0.2) is 4.68 Å². The van der Waals surface area contributed by atoms with Crippen LogP contribution in [-0.2, 0) is 0 Å². The molecule has 0 saturated heterocycles.